The van der Waals surface area contributed by atoms with Gasteiger partial charge >= 0.3 is 6.03 Å². The Labute approximate surface area is 164 Å². The van der Waals surface area contributed by atoms with Crippen molar-refractivity contribution in [3.05, 3.63) is 34.9 Å². The van der Waals surface area contributed by atoms with Gasteiger partial charge in [-0.1, -0.05) is 30.7 Å². The average Bonchev–Trinajstić information content (AvgIpc) is 2.87. The minimum atomic E-state index is -1.18. The lowest BCUT2D eigenvalue weighted by Crippen LogP contribution is -2.52. The molecule has 1 aromatic carbocycles. The number of carbonyl (C=O) groups is 3. The fraction of sp³-hybridized carbons (Fsp3) is 0.550. The Morgan fingerprint density at radius 2 is 1.93 bits per heavy atom. The Morgan fingerprint density at radius 1 is 1.26 bits per heavy atom. The molecule has 6 nitrogen and oxygen atoms in total. The standard InChI is InChI=1S/C20H26ClN3O3/c1-4-20(15-9-6-10-16(21)11-15)18(26)23(19(27)22-20)12-17(25)24-13(2)7-5-8-14(24)3/h6,9-11,13-14H,4-5,7-8,12H2,1-3H3,(H,22,27)/t13-,14+,20-/m1/s1. The Balaban J connectivity index is 1.84. The zero-order valence-electron chi connectivity index (χ0n) is 16.0. The molecular formula is C20H26ClN3O3. The molecule has 0 spiro atoms. The maximum Gasteiger partial charge on any atom is 0.325 e. The number of piperidine rings is 1. The molecule has 1 N–H and O–H groups in total. The lowest BCUT2D eigenvalue weighted by Gasteiger charge is -2.39. The van der Waals surface area contributed by atoms with Gasteiger partial charge in [-0.05, 0) is 57.2 Å². The fourth-order valence-corrected chi connectivity index (χ4v) is 4.48. The molecule has 0 aliphatic carbocycles. The van der Waals surface area contributed by atoms with Crippen LogP contribution in [0.25, 0.3) is 0 Å². The van der Waals surface area contributed by atoms with Crippen molar-refractivity contribution in [2.45, 2.75) is 64.1 Å². The predicted octanol–water partition coefficient (Wildman–Crippen LogP) is 3.29. The van der Waals surface area contributed by atoms with Crippen molar-refractivity contribution >= 4 is 29.4 Å². The van der Waals surface area contributed by atoms with Gasteiger partial charge in [0, 0.05) is 17.1 Å². The third-order valence-corrected chi connectivity index (χ3v) is 6.03. The highest BCUT2D eigenvalue weighted by Crippen LogP contribution is 2.34. The zero-order valence-corrected chi connectivity index (χ0v) is 16.8. The lowest BCUT2D eigenvalue weighted by atomic mass is 9.87. The van der Waals surface area contributed by atoms with Gasteiger partial charge in [-0.25, -0.2) is 4.79 Å². The van der Waals surface area contributed by atoms with Gasteiger partial charge in [-0.15, -0.1) is 0 Å². The number of rotatable bonds is 4. The number of hydrogen-bond donors (Lipinski definition) is 1. The number of carbonyl (C=O) groups excluding carboxylic acids is 3. The van der Waals surface area contributed by atoms with E-state index in [1.165, 1.54) is 0 Å². The summed E-state index contributed by atoms with van der Waals surface area (Å²) in [5.74, 6) is -0.584. The topological polar surface area (TPSA) is 69.7 Å². The van der Waals surface area contributed by atoms with Crippen molar-refractivity contribution in [1.29, 1.82) is 0 Å². The van der Waals surface area contributed by atoms with Crippen LogP contribution in [-0.4, -0.2) is 46.3 Å². The van der Waals surface area contributed by atoms with E-state index in [4.69, 9.17) is 11.6 Å². The highest BCUT2D eigenvalue weighted by molar-refractivity contribution is 6.30. The average molecular weight is 392 g/mol. The Bertz CT molecular complexity index is 759. The Kier molecular flexibility index (Phi) is 5.47. The molecule has 0 radical (unpaired) electrons. The molecule has 1 aromatic rings. The van der Waals surface area contributed by atoms with Crippen LogP contribution < -0.4 is 5.32 Å². The van der Waals surface area contributed by atoms with Crippen LogP contribution in [0, 0.1) is 0 Å². The molecule has 2 fully saturated rings. The van der Waals surface area contributed by atoms with E-state index >= 15 is 0 Å². The van der Waals surface area contributed by atoms with Crippen LogP contribution in [0.4, 0.5) is 4.79 Å². The van der Waals surface area contributed by atoms with E-state index in [2.05, 4.69) is 5.32 Å². The summed E-state index contributed by atoms with van der Waals surface area (Å²) in [5, 5.41) is 3.29. The van der Waals surface area contributed by atoms with E-state index in [0.717, 1.165) is 24.2 Å². The molecule has 146 valence electrons. The minimum absolute atomic E-state index is 0.117. The van der Waals surface area contributed by atoms with Crippen LogP contribution >= 0.6 is 11.6 Å². The summed E-state index contributed by atoms with van der Waals surface area (Å²) in [6, 6.07) is 6.62. The van der Waals surface area contributed by atoms with Crippen molar-refractivity contribution < 1.29 is 14.4 Å². The molecule has 7 heteroatoms. The van der Waals surface area contributed by atoms with Crippen molar-refractivity contribution in [1.82, 2.24) is 15.1 Å². The fourth-order valence-electron chi connectivity index (χ4n) is 4.29. The molecule has 3 atom stereocenters. The van der Waals surface area contributed by atoms with Crippen LogP contribution in [0.5, 0.6) is 0 Å². The van der Waals surface area contributed by atoms with Gasteiger partial charge in [0.05, 0.1) is 0 Å². The molecule has 2 saturated heterocycles. The SMILES string of the molecule is CC[C@]1(c2cccc(Cl)c2)NC(=O)N(CC(=O)N2[C@H](C)CCC[C@@H]2C)C1=O. The highest BCUT2D eigenvalue weighted by atomic mass is 35.5. The summed E-state index contributed by atoms with van der Waals surface area (Å²) in [7, 11) is 0. The summed E-state index contributed by atoms with van der Waals surface area (Å²) in [4.78, 5) is 41.5. The maximum absolute atomic E-state index is 13.2. The molecule has 0 saturated carbocycles. The number of benzene rings is 1. The molecule has 4 amide bonds. The van der Waals surface area contributed by atoms with Crippen LogP contribution in [0.15, 0.2) is 24.3 Å². The minimum Gasteiger partial charge on any atom is -0.336 e. The third kappa shape index (κ3) is 3.43. The molecule has 27 heavy (non-hydrogen) atoms. The first kappa shape index (κ1) is 19.7. The smallest absolute Gasteiger partial charge is 0.325 e. The number of urea groups is 1. The number of nitrogens with zero attached hydrogens (tertiary/aromatic N) is 2. The molecule has 0 aromatic heterocycles. The van der Waals surface area contributed by atoms with E-state index in [1.807, 2.05) is 25.7 Å². The third-order valence-electron chi connectivity index (χ3n) is 5.80. The number of amides is 4. The Hall–Kier alpha value is -2.08. The van der Waals surface area contributed by atoms with Crippen LogP contribution in [0.2, 0.25) is 5.02 Å². The summed E-state index contributed by atoms with van der Waals surface area (Å²) < 4.78 is 0. The van der Waals surface area contributed by atoms with E-state index in [9.17, 15) is 14.4 Å². The number of likely N-dealkylation sites (tertiary alicyclic amines) is 1. The normalized spacial score (nSPS) is 28.4. The van der Waals surface area contributed by atoms with Crippen molar-refractivity contribution in [2.24, 2.45) is 0 Å². The lowest BCUT2D eigenvalue weighted by molar-refractivity contribution is -0.143. The molecule has 2 aliphatic heterocycles. The summed E-state index contributed by atoms with van der Waals surface area (Å²) in [6.45, 7) is 5.63. The van der Waals surface area contributed by atoms with Crippen molar-refractivity contribution in [3.8, 4) is 0 Å². The molecule has 3 rings (SSSR count). The van der Waals surface area contributed by atoms with E-state index in [1.54, 1.807) is 24.3 Å². The molecule has 2 heterocycles. The van der Waals surface area contributed by atoms with Gasteiger partial charge in [0.25, 0.3) is 5.91 Å². The number of nitrogens with one attached hydrogen (secondary N) is 1. The van der Waals surface area contributed by atoms with Crippen LogP contribution in [0.1, 0.15) is 52.0 Å². The number of hydrogen-bond acceptors (Lipinski definition) is 3. The molecule has 0 unspecified atom stereocenters. The highest BCUT2D eigenvalue weighted by Gasteiger charge is 2.52. The van der Waals surface area contributed by atoms with Gasteiger partial charge in [0.15, 0.2) is 0 Å². The molecular weight excluding hydrogens is 366 g/mol. The number of halogens is 1. The Morgan fingerprint density at radius 3 is 2.52 bits per heavy atom. The van der Waals surface area contributed by atoms with Crippen molar-refractivity contribution in [2.75, 3.05) is 6.54 Å². The van der Waals surface area contributed by atoms with Crippen molar-refractivity contribution in [3.63, 3.8) is 0 Å². The molecule has 2 aliphatic rings. The second kappa shape index (κ2) is 7.50. The van der Waals surface area contributed by atoms with E-state index < -0.39 is 17.5 Å². The van der Waals surface area contributed by atoms with E-state index in [0.29, 0.717) is 17.0 Å². The van der Waals surface area contributed by atoms with Gasteiger partial charge < -0.3 is 10.2 Å². The summed E-state index contributed by atoms with van der Waals surface area (Å²) in [6.07, 6.45) is 3.34. The van der Waals surface area contributed by atoms with Crippen LogP contribution in [0.3, 0.4) is 0 Å². The summed E-state index contributed by atoms with van der Waals surface area (Å²) >= 11 is 6.08. The second-order valence-electron chi connectivity index (χ2n) is 7.52. The van der Waals surface area contributed by atoms with Gasteiger partial charge in [0.1, 0.15) is 12.1 Å². The number of imide groups is 1. The van der Waals surface area contributed by atoms with Crippen LogP contribution in [-0.2, 0) is 15.1 Å². The largest absolute Gasteiger partial charge is 0.336 e. The summed E-state index contributed by atoms with van der Waals surface area (Å²) in [5.41, 5.74) is -0.549. The first-order chi connectivity index (χ1) is 12.8. The maximum atomic E-state index is 13.2. The first-order valence-electron chi connectivity index (χ1n) is 9.51. The second-order valence-corrected chi connectivity index (χ2v) is 7.96. The first-order valence-corrected chi connectivity index (χ1v) is 9.89. The predicted molar refractivity (Wildman–Crippen MR) is 103 cm³/mol. The van der Waals surface area contributed by atoms with E-state index in [-0.39, 0.29) is 24.5 Å². The van der Waals surface area contributed by atoms with Gasteiger partial charge in [-0.3, -0.25) is 14.5 Å². The monoisotopic (exact) mass is 391 g/mol. The zero-order chi connectivity index (χ0) is 19.8. The van der Waals surface area contributed by atoms with Gasteiger partial charge in [-0.2, -0.15) is 0 Å². The van der Waals surface area contributed by atoms with Gasteiger partial charge in [0.2, 0.25) is 5.91 Å². The quantitative estimate of drug-likeness (QED) is 0.800. The molecule has 0 bridgehead atoms.